The predicted molar refractivity (Wildman–Crippen MR) is 120 cm³/mol. The van der Waals surface area contributed by atoms with Crippen LogP contribution in [0.4, 0.5) is 10.9 Å². The zero-order valence-electron chi connectivity index (χ0n) is 15.9. The molecule has 6 nitrogen and oxygen atoms in total. The average Bonchev–Trinajstić information content (AvgIpc) is 3.23. The maximum absolute atomic E-state index is 6.13. The molecule has 2 aromatic heterocycles. The third kappa shape index (κ3) is 4.06. The van der Waals surface area contributed by atoms with Crippen molar-refractivity contribution in [1.29, 1.82) is 0 Å². The molecule has 148 valence electrons. The molecule has 0 unspecified atom stereocenters. The molecule has 3 aromatic rings. The van der Waals surface area contributed by atoms with E-state index < -0.39 is 0 Å². The molecule has 0 atom stereocenters. The molecule has 0 radical (unpaired) electrons. The van der Waals surface area contributed by atoms with Crippen molar-refractivity contribution in [3.05, 3.63) is 57.9 Å². The number of pyridine rings is 1. The van der Waals surface area contributed by atoms with Gasteiger partial charge in [-0.25, -0.2) is 9.97 Å². The van der Waals surface area contributed by atoms with Crippen LogP contribution in [-0.4, -0.2) is 35.6 Å². The summed E-state index contributed by atoms with van der Waals surface area (Å²) < 4.78 is 0. The van der Waals surface area contributed by atoms with E-state index in [0.717, 1.165) is 72.3 Å². The van der Waals surface area contributed by atoms with Crippen molar-refractivity contribution in [1.82, 2.24) is 15.3 Å². The number of aliphatic imine (C=N–C) groups is 1. The average molecular weight is 425 g/mol. The molecular formula is C21H21ClN6S. The van der Waals surface area contributed by atoms with Gasteiger partial charge in [0.25, 0.3) is 0 Å². The SMILES string of the molecule is Clc1ccc2c(c1)CCN(c1cccc(-c3csc(NC4=NCCCN4)n3)n1)C2. The first-order valence-corrected chi connectivity index (χ1v) is 11.0. The fraction of sp³-hybridized carbons (Fsp3) is 0.286. The highest BCUT2D eigenvalue weighted by molar-refractivity contribution is 7.14. The maximum Gasteiger partial charge on any atom is 0.197 e. The quantitative estimate of drug-likeness (QED) is 0.660. The van der Waals surface area contributed by atoms with Gasteiger partial charge in [0.05, 0.1) is 5.69 Å². The lowest BCUT2D eigenvalue weighted by Gasteiger charge is -2.30. The lowest BCUT2D eigenvalue weighted by atomic mass is 10.00. The fourth-order valence-corrected chi connectivity index (χ4v) is 4.52. The van der Waals surface area contributed by atoms with Crippen molar-refractivity contribution >= 4 is 39.8 Å². The topological polar surface area (TPSA) is 65.4 Å². The number of anilines is 2. The first-order chi connectivity index (χ1) is 14.2. The number of nitrogens with one attached hydrogen (secondary N) is 2. The minimum atomic E-state index is 0.797. The maximum atomic E-state index is 6.13. The smallest absolute Gasteiger partial charge is 0.197 e. The van der Waals surface area contributed by atoms with Crippen molar-refractivity contribution in [3.8, 4) is 11.4 Å². The molecule has 8 heteroatoms. The Bertz CT molecular complexity index is 1060. The molecule has 5 rings (SSSR count). The van der Waals surface area contributed by atoms with Gasteiger partial charge in [-0.15, -0.1) is 11.3 Å². The van der Waals surface area contributed by atoms with Crippen molar-refractivity contribution in [2.75, 3.05) is 29.9 Å². The van der Waals surface area contributed by atoms with E-state index in [4.69, 9.17) is 21.6 Å². The molecule has 0 saturated heterocycles. The molecule has 0 spiro atoms. The molecule has 2 N–H and O–H groups in total. The Kier molecular flexibility index (Phi) is 5.08. The number of nitrogens with zero attached hydrogens (tertiary/aromatic N) is 4. The van der Waals surface area contributed by atoms with Crippen molar-refractivity contribution in [3.63, 3.8) is 0 Å². The zero-order chi connectivity index (χ0) is 19.6. The van der Waals surface area contributed by atoms with E-state index in [-0.39, 0.29) is 0 Å². The summed E-state index contributed by atoms with van der Waals surface area (Å²) in [5, 5.41) is 10.2. The number of hydrogen-bond acceptors (Lipinski definition) is 7. The number of fused-ring (bicyclic) bond motifs is 1. The van der Waals surface area contributed by atoms with Crippen LogP contribution in [-0.2, 0) is 13.0 Å². The molecule has 29 heavy (non-hydrogen) atoms. The Morgan fingerprint density at radius 3 is 2.97 bits per heavy atom. The number of guanidine groups is 1. The van der Waals surface area contributed by atoms with Crippen LogP contribution in [0.3, 0.4) is 0 Å². The molecule has 2 aliphatic rings. The van der Waals surface area contributed by atoms with E-state index in [1.54, 1.807) is 11.3 Å². The van der Waals surface area contributed by atoms with Crippen molar-refractivity contribution < 1.29 is 0 Å². The summed E-state index contributed by atoms with van der Waals surface area (Å²) in [5.41, 5.74) is 4.40. The predicted octanol–water partition coefficient (Wildman–Crippen LogP) is 4.18. The van der Waals surface area contributed by atoms with E-state index in [2.05, 4.69) is 38.7 Å². The highest BCUT2D eigenvalue weighted by Gasteiger charge is 2.18. The van der Waals surface area contributed by atoms with Crippen LogP contribution in [0.2, 0.25) is 5.02 Å². The minimum Gasteiger partial charge on any atom is -0.356 e. The van der Waals surface area contributed by atoms with Gasteiger partial charge >= 0.3 is 0 Å². The molecule has 4 heterocycles. The summed E-state index contributed by atoms with van der Waals surface area (Å²) in [6.45, 7) is 3.57. The second kappa shape index (κ2) is 8.00. The Morgan fingerprint density at radius 2 is 2.07 bits per heavy atom. The van der Waals surface area contributed by atoms with Gasteiger partial charge in [-0.05, 0) is 48.2 Å². The van der Waals surface area contributed by atoms with Crippen molar-refractivity contribution in [2.24, 2.45) is 4.99 Å². The third-order valence-corrected chi connectivity index (χ3v) is 6.12. The lowest BCUT2D eigenvalue weighted by molar-refractivity contribution is 0.721. The van der Waals surface area contributed by atoms with Crippen LogP contribution in [0.1, 0.15) is 17.5 Å². The van der Waals surface area contributed by atoms with Crippen LogP contribution >= 0.6 is 22.9 Å². The standard InChI is InChI=1S/C21H21ClN6S/c22-16-6-5-15-12-28(10-7-14(15)11-16)19-4-1-3-17(25-19)18-13-29-21(26-18)27-20-23-8-2-9-24-20/h1,3-6,11,13H,2,7-10,12H2,(H2,23,24,26,27). The summed E-state index contributed by atoms with van der Waals surface area (Å²) >= 11 is 7.70. The Balaban J connectivity index is 1.34. The van der Waals surface area contributed by atoms with Gasteiger partial charge in [0.1, 0.15) is 11.5 Å². The first-order valence-electron chi connectivity index (χ1n) is 9.75. The molecule has 1 aromatic carbocycles. The summed E-state index contributed by atoms with van der Waals surface area (Å²) in [5.74, 6) is 1.77. The Morgan fingerprint density at radius 1 is 1.10 bits per heavy atom. The number of benzene rings is 1. The lowest BCUT2D eigenvalue weighted by Crippen LogP contribution is -2.35. The van der Waals surface area contributed by atoms with Gasteiger partial charge in [-0.3, -0.25) is 4.99 Å². The molecule has 0 saturated carbocycles. The second-order valence-electron chi connectivity index (χ2n) is 7.14. The van der Waals surface area contributed by atoms with E-state index >= 15 is 0 Å². The van der Waals surface area contributed by atoms with Crippen LogP contribution in [0.5, 0.6) is 0 Å². The van der Waals surface area contributed by atoms with Gasteiger partial charge in [0.15, 0.2) is 11.1 Å². The first kappa shape index (κ1) is 18.4. The Hall–Kier alpha value is -2.64. The Labute approximate surface area is 178 Å². The normalized spacial score (nSPS) is 16.0. The summed E-state index contributed by atoms with van der Waals surface area (Å²) in [4.78, 5) is 16.3. The molecular weight excluding hydrogens is 404 g/mol. The molecule has 2 aliphatic heterocycles. The third-order valence-electron chi connectivity index (χ3n) is 5.13. The van der Waals surface area contributed by atoms with Gasteiger partial charge in [0.2, 0.25) is 0 Å². The van der Waals surface area contributed by atoms with E-state index in [9.17, 15) is 0 Å². The number of halogens is 1. The van der Waals surface area contributed by atoms with Crippen LogP contribution in [0, 0.1) is 0 Å². The largest absolute Gasteiger partial charge is 0.356 e. The zero-order valence-corrected chi connectivity index (χ0v) is 17.4. The highest BCUT2D eigenvalue weighted by atomic mass is 35.5. The van der Waals surface area contributed by atoms with Gasteiger partial charge < -0.3 is 15.5 Å². The molecule has 0 amide bonds. The summed E-state index contributed by atoms with van der Waals surface area (Å²) in [7, 11) is 0. The summed E-state index contributed by atoms with van der Waals surface area (Å²) in [6.07, 6.45) is 2.04. The number of rotatable bonds is 3. The minimum absolute atomic E-state index is 0.797. The number of aromatic nitrogens is 2. The van der Waals surface area contributed by atoms with Gasteiger partial charge in [0, 0.05) is 36.6 Å². The molecule has 0 aliphatic carbocycles. The number of hydrogen-bond donors (Lipinski definition) is 2. The monoisotopic (exact) mass is 424 g/mol. The van der Waals surface area contributed by atoms with Crippen molar-refractivity contribution in [2.45, 2.75) is 19.4 Å². The van der Waals surface area contributed by atoms with Crippen LogP contribution < -0.4 is 15.5 Å². The van der Waals surface area contributed by atoms with E-state index in [0.29, 0.717) is 0 Å². The molecule has 0 fully saturated rings. The van der Waals surface area contributed by atoms with E-state index in [1.165, 1.54) is 11.1 Å². The highest BCUT2D eigenvalue weighted by Crippen LogP contribution is 2.28. The number of thiazole rings is 1. The second-order valence-corrected chi connectivity index (χ2v) is 8.43. The van der Waals surface area contributed by atoms with E-state index in [1.807, 2.05) is 23.6 Å². The fourth-order valence-electron chi connectivity index (χ4n) is 3.63. The van der Waals surface area contributed by atoms with Gasteiger partial charge in [-0.2, -0.15) is 0 Å². The summed E-state index contributed by atoms with van der Waals surface area (Å²) in [6, 6.07) is 12.3. The van der Waals surface area contributed by atoms with Gasteiger partial charge in [-0.1, -0.05) is 23.7 Å². The van der Waals surface area contributed by atoms with Crippen LogP contribution in [0.15, 0.2) is 46.8 Å². The molecule has 0 bridgehead atoms. The van der Waals surface area contributed by atoms with Crippen LogP contribution in [0.25, 0.3) is 11.4 Å².